The Bertz CT molecular complexity index is 806. The summed E-state index contributed by atoms with van der Waals surface area (Å²) in [6.07, 6.45) is 4.37. The molecule has 4 aliphatic rings. The molecule has 6 rings (SSSR count). The van der Waals surface area contributed by atoms with E-state index in [4.69, 9.17) is 4.99 Å². The third-order valence-corrected chi connectivity index (χ3v) is 5.43. The highest BCUT2D eigenvalue weighted by Crippen LogP contribution is 2.30. The van der Waals surface area contributed by atoms with Gasteiger partial charge in [0.25, 0.3) is 0 Å². The lowest BCUT2D eigenvalue weighted by atomic mass is 9.90. The minimum Gasteiger partial charge on any atom is -0.507 e. The number of nitrogens with zero attached hydrogens (tertiary/aromatic N) is 1. The van der Waals surface area contributed by atoms with Crippen molar-refractivity contribution in [3.63, 3.8) is 0 Å². The van der Waals surface area contributed by atoms with E-state index in [-0.39, 0.29) is 12.6 Å². The van der Waals surface area contributed by atoms with E-state index in [0.29, 0.717) is 11.7 Å². The topological polar surface area (TPSA) is 52.8 Å². The second-order valence-corrected chi connectivity index (χ2v) is 8.10. The Balaban J connectivity index is 2.00. The van der Waals surface area contributed by atoms with Crippen molar-refractivity contribution in [1.82, 2.24) is 0 Å². The summed E-state index contributed by atoms with van der Waals surface area (Å²) in [7, 11) is 0. The summed E-state index contributed by atoms with van der Waals surface area (Å²) in [6, 6.07) is 12.9. The van der Waals surface area contributed by atoms with Gasteiger partial charge in [0.05, 0.1) is 12.6 Å². The second-order valence-electron chi connectivity index (χ2n) is 8.10. The first kappa shape index (κ1) is 19.6. The van der Waals surface area contributed by atoms with E-state index >= 15 is 0 Å². The van der Waals surface area contributed by atoms with Crippen LogP contribution in [0.15, 0.2) is 41.4 Å². The van der Waals surface area contributed by atoms with E-state index in [1.54, 1.807) is 0 Å². The van der Waals surface area contributed by atoms with Crippen LogP contribution < -0.4 is 0 Å². The summed E-state index contributed by atoms with van der Waals surface area (Å²) in [4.78, 5) is 4.78. The minimum absolute atomic E-state index is 0.0388. The molecule has 1 atom stereocenters. The number of aliphatic hydroxyl groups is 1. The zero-order chi connectivity index (χ0) is 19.4. The average Bonchev–Trinajstić information content (AvgIpc) is 2.63. The van der Waals surface area contributed by atoms with Gasteiger partial charge in [0, 0.05) is 11.3 Å². The van der Waals surface area contributed by atoms with Gasteiger partial charge in [-0.3, -0.25) is 4.99 Å². The maximum absolute atomic E-state index is 11.0. The van der Waals surface area contributed by atoms with Crippen molar-refractivity contribution >= 4 is 5.71 Å². The predicted octanol–water partition coefficient (Wildman–Crippen LogP) is 4.49. The van der Waals surface area contributed by atoms with Gasteiger partial charge in [0.15, 0.2) is 0 Å². The number of hydrogen-bond acceptors (Lipinski definition) is 3. The molecular weight excluding hydrogens is 334 g/mol. The zero-order valence-electron chi connectivity index (χ0n) is 16.7. The van der Waals surface area contributed by atoms with Crippen LogP contribution in [0.1, 0.15) is 55.0 Å². The molecule has 3 nitrogen and oxygen atoms in total. The van der Waals surface area contributed by atoms with Gasteiger partial charge in [-0.1, -0.05) is 50.2 Å². The molecule has 0 heterocycles. The van der Waals surface area contributed by atoms with Crippen LogP contribution in [0.4, 0.5) is 0 Å². The van der Waals surface area contributed by atoms with Crippen molar-refractivity contribution in [3.8, 4) is 5.75 Å². The van der Waals surface area contributed by atoms with Crippen molar-refractivity contribution in [2.45, 2.75) is 58.9 Å². The zero-order valence-corrected chi connectivity index (χ0v) is 16.7. The Kier molecular flexibility index (Phi) is 6.33. The lowest BCUT2D eigenvalue weighted by Gasteiger charge is -2.19. The van der Waals surface area contributed by atoms with E-state index in [1.807, 2.05) is 6.92 Å². The Hall–Kier alpha value is -2.13. The van der Waals surface area contributed by atoms with Gasteiger partial charge in [-0.2, -0.15) is 0 Å². The van der Waals surface area contributed by atoms with E-state index in [0.717, 1.165) is 54.5 Å². The van der Waals surface area contributed by atoms with Crippen LogP contribution in [0.5, 0.6) is 5.75 Å². The smallest absolute Gasteiger partial charge is 0.128 e. The van der Waals surface area contributed by atoms with Gasteiger partial charge in [-0.05, 0) is 67.2 Å². The number of hydrogen-bond donors (Lipinski definition) is 2. The molecule has 0 saturated heterocycles. The molecule has 2 aromatic carbocycles. The highest BCUT2D eigenvalue weighted by atomic mass is 16.3. The summed E-state index contributed by atoms with van der Waals surface area (Å²) in [5.74, 6) is 0.837. The molecule has 2 aromatic rings. The average molecular weight is 366 g/mol. The van der Waals surface area contributed by atoms with Crippen LogP contribution in [-0.2, 0) is 25.7 Å². The lowest BCUT2D eigenvalue weighted by molar-refractivity contribution is 0.251. The van der Waals surface area contributed by atoms with Gasteiger partial charge in [-0.25, -0.2) is 0 Å². The number of aliphatic hydroxyl groups excluding tert-OH is 1. The van der Waals surface area contributed by atoms with Crippen molar-refractivity contribution in [2.75, 3.05) is 6.61 Å². The Morgan fingerprint density at radius 3 is 2.04 bits per heavy atom. The molecule has 4 bridgehead atoms. The van der Waals surface area contributed by atoms with Crippen molar-refractivity contribution in [3.05, 3.63) is 64.2 Å². The maximum Gasteiger partial charge on any atom is 0.128 e. The van der Waals surface area contributed by atoms with Crippen LogP contribution in [0.25, 0.3) is 0 Å². The molecule has 0 aliphatic heterocycles. The van der Waals surface area contributed by atoms with Crippen molar-refractivity contribution < 1.29 is 10.2 Å². The molecule has 1 unspecified atom stereocenters. The monoisotopic (exact) mass is 365 g/mol. The Labute approximate surface area is 162 Å². The first-order valence-electron chi connectivity index (χ1n) is 10.0. The highest BCUT2D eigenvalue weighted by Gasteiger charge is 2.18. The SMILES string of the molecule is CC(=NC(CO)CC(C)C)c1c2ccc(c1O)CCc1ccc(cc1)CC2. The summed E-state index contributed by atoms with van der Waals surface area (Å²) in [5, 5.41) is 20.7. The van der Waals surface area contributed by atoms with Gasteiger partial charge in [0.1, 0.15) is 5.75 Å². The van der Waals surface area contributed by atoms with E-state index in [1.165, 1.54) is 11.1 Å². The molecule has 144 valence electrons. The minimum atomic E-state index is -0.119. The standard InChI is InChI=1S/C24H31NO2/c1-16(2)14-22(15-26)25-17(3)23-20-10-8-18-4-6-19(7-5-18)9-11-21(13-12-20)24(23)27/h4-7,12-13,16,22,26-27H,8-11,14-15H2,1-3H3. The molecule has 2 N–H and O–H groups in total. The van der Waals surface area contributed by atoms with Gasteiger partial charge in [0.2, 0.25) is 0 Å². The number of rotatable bonds is 5. The predicted molar refractivity (Wildman–Crippen MR) is 112 cm³/mol. The van der Waals surface area contributed by atoms with Crippen LogP contribution in [0.2, 0.25) is 0 Å². The first-order valence-corrected chi connectivity index (χ1v) is 10.0. The maximum atomic E-state index is 11.0. The molecule has 0 spiro atoms. The van der Waals surface area contributed by atoms with Crippen molar-refractivity contribution in [1.29, 1.82) is 0 Å². The van der Waals surface area contributed by atoms with Crippen LogP contribution in [0, 0.1) is 5.92 Å². The molecule has 3 heteroatoms. The third kappa shape index (κ3) is 4.78. The Morgan fingerprint density at radius 2 is 1.48 bits per heavy atom. The normalized spacial score (nSPS) is 15.7. The number of aromatic hydroxyl groups is 1. The van der Waals surface area contributed by atoms with E-state index in [9.17, 15) is 10.2 Å². The summed E-state index contributed by atoms with van der Waals surface area (Å²) >= 11 is 0. The summed E-state index contributed by atoms with van der Waals surface area (Å²) in [6.45, 7) is 6.28. The molecule has 0 radical (unpaired) electrons. The number of benzene rings is 2. The van der Waals surface area contributed by atoms with E-state index in [2.05, 4.69) is 50.2 Å². The number of aliphatic imine (C=N–C) groups is 1. The van der Waals surface area contributed by atoms with Crippen LogP contribution >= 0.6 is 0 Å². The summed E-state index contributed by atoms with van der Waals surface area (Å²) in [5.41, 5.74) is 6.41. The summed E-state index contributed by atoms with van der Waals surface area (Å²) < 4.78 is 0. The quantitative estimate of drug-likeness (QED) is 0.767. The lowest BCUT2D eigenvalue weighted by Crippen LogP contribution is -2.16. The van der Waals surface area contributed by atoms with E-state index < -0.39 is 0 Å². The fraction of sp³-hybridized carbons (Fsp3) is 0.458. The molecule has 4 aliphatic carbocycles. The van der Waals surface area contributed by atoms with Gasteiger partial charge in [-0.15, -0.1) is 0 Å². The molecule has 0 fully saturated rings. The van der Waals surface area contributed by atoms with Gasteiger partial charge < -0.3 is 10.2 Å². The largest absolute Gasteiger partial charge is 0.507 e. The number of phenolic OH excluding ortho intramolecular Hbond substituents is 1. The fourth-order valence-corrected chi connectivity index (χ4v) is 3.97. The first-order chi connectivity index (χ1) is 13.0. The highest BCUT2D eigenvalue weighted by molar-refractivity contribution is 6.03. The molecule has 0 amide bonds. The van der Waals surface area contributed by atoms with Gasteiger partial charge >= 0.3 is 0 Å². The van der Waals surface area contributed by atoms with Crippen LogP contribution in [-0.4, -0.2) is 28.6 Å². The molecule has 0 aromatic heterocycles. The van der Waals surface area contributed by atoms with Crippen molar-refractivity contribution in [2.24, 2.45) is 10.9 Å². The molecular formula is C24H31NO2. The van der Waals surface area contributed by atoms with Crippen LogP contribution in [0.3, 0.4) is 0 Å². The molecule has 27 heavy (non-hydrogen) atoms. The number of phenols is 1. The third-order valence-electron chi connectivity index (χ3n) is 5.43. The fourth-order valence-electron chi connectivity index (χ4n) is 3.97. The Morgan fingerprint density at radius 1 is 0.926 bits per heavy atom. The molecule has 0 saturated carbocycles. The second kappa shape index (κ2) is 8.71. The number of aryl methyl sites for hydroxylation is 4.